The van der Waals surface area contributed by atoms with Crippen molar-refractivity contribution in [1.82, 2.24) is 9.97 Å². The van der Waals surface area contributed by atoms with Gasteiger partial charge in [0, 0.05) is 12.0 Å². The van der Waals surface area contributed by atoms with E-state index in [1.165, 1.54) is 6.07 Å². The van der Waals surface area contributed by atoms with Gasteiger partial charge in [-0.15, -0.1) is 0 Å². The van der Waals surface area contributed by atoms with Crippen LogP contribution in [-0.2, 0) is 6.42 Å². The Labute approximate surface area is 108 Å². The molecule has 0 aliphatic heterocycles. The first kappa shape index (κ1) is 11.2. The molecule has 0 saturated carbocycles. The molecule has 2 nitrogen and oxygen atoms in total. The number of hydrogen-bond donors (Lipinski definition) is 1. The molecule has 0 atom stereocenters. The number of nitrogens with zero attached hydrogens (tertiary/aromatic N) is 1. The molecular formula is C14H10ClFN2. The van der Waals surface area contributed by atoms with Crippen LogP contribution in [0, 0.1) is 5.82 Å². The lowest BCUT2D eigenvalue weighted by Crippen LogP contribution is -1.94. The summed E-state index contributed by atoms with van der Waals surface area (Å²) < 4.78 is 13.9. The van der Waals surface area contributed by atoms with Crippen molar-refractivity contribution in [2.45, 2.75) is 6.42 Å². The Hall–Kier alpha value is -1.87. The molecule has 0 spiro atoms. The van der Waals surface area contributed by atoms with Crippen LogP contribution in [0.5, 0.6) is 0 Å². The van der Waals surface area contributed by atoms with E-state index in [0.717, 1.165) is 11.1 Å². The van der Waals surface area contributed by atoms with E-state index in [4.69, 9.17) is 11.6 Å². The molecule has 0 aliphatic carbocycles. The highest BCUT2D eigenvalue weighted by Crippen LogP contribution is 2.24. The standard InChI is InChI=1S/C14H10ClFN2/c15-14-17-12-7-6-11(16)10(13(12)18-14)8-9-4-2-1-3-5-9/h1-7H,8H2,(H,17,18). The molecule has 4 heteroatoms. The van der Waals surface area contributed by atoms with Crippen molar-refractivity contribution >= 4 is 22.6 Å². The number of aromatic amines is 1. The van der Waals surface area contributed by atoms with Gasteiger partial charge in [-0.3, -0.25) is 0 Å². The SMILES string of the molecule is Fc1ccc2[nH]c(Cl)nc2c1Cc1ccccc1. The van der Waals surface area contributed by atoms with Gasteiger partial charge in [-0.1, -0.05) is 30.3 Å². The van der Waals surface area contributed by atoms with E-state index in [1.807, 2.05) is 30.3 Å². The molecule has 0 aliphatic rings. The maximum atomic E-state index is 13.9. The zero-order valence-corrected chi connectivity index (χ0v) is 10.2. The van der Waals surface area contributed by atoms with Gasteiger partial charge in [-0.05, 0) is 29.3 Å². The van der Waals surface area contributed by atoms with E-state index >= 15 is 0 Å². The Balaban J connectivity index is 2.13. The summed E-state index contributed by atoms with van der Waals surface area (Å²) in [5.41, 5.74) is 2.97. The van der Waals surface area contributed by atoms with Crippen LogP contribution < -0.4 is 0 Å². The van der Waals surface area contributed by atoms with Gasteiger partial charge in [-0.2, -0.15) is 0 Å². The normalized spacial score (nSPS) is 11.0. The summed E-state index contributed by atoms with van der Waals surface area (Å²) in [4.78, 5) is 7.04. The van der Waals surface area contributed by atoms with Crippen LogP contribution in [0.2, 0.25) is 5.28 Å². The second-order valence-corrected chi connectivity index (χ2v) is 4.47. The molecule has 3 rings (SSSR count). The monoisotopic (exact) mass is 260 g/mol. The smallest absolute Gasteiger partial charge is 0.201 e. The fraction of sp³-hybridized carbons (Fsp3) is 0.0714. The highest BCUT2D eigenvalue weighted by atomic mass is 35.5. The van der Waals surface area contributed by atoms with Gasteiger partial charge in [-0.25, -0.2) is 9.37 Å². The largest absolute Gasteiger partial charge is 0.329 e. The minimum atomic E-state index is -0.255. The molecule has 2 aromatic carbocycles. The van der Waals surface area contributed by atoms with E-state index < -0.39 is 0 Å². The third kappa shape index (κ3) is 1.97. The predicted octanol–water partition coefficient (Wildman–Crippen LogP) is 3.95. The van der Waals surface area contributed by atoms with Crippen LogP contribution >= 0.6 is 11.6 Å². The highest BCUT2D eigenvalue weighted by Gasteiger charge is 2.12. The molecule has 18 heavy (non-hydrogen) atoms. The summed E-state index contributed by atoms with van der Waals surface area (Å²) in [5, 5.41) is 0.282. The lowest BCUT2D eigenvalue weighted by molar-refractivity contribution is 0.616. The zero-order chi connectivity index (χ0) is 12.5. The van der Waals surface area contributed by atoms with Crippen molar-refractivity contribution in [3.63, 3.8) is 0 Å². The number of aromatic nitrogens is 2. The maximum absolute atomic E-state index is 13.9. The molecule has 3 aromatic rings. The molecule has 0 radical (unpaired) electrons. The van der Waals surface area contributed by atoms with Crippen LogP contribution in [0.25, 0.3) is 11.0 Å². The summed E-state index contributed by atoms with van der Waals surface area (Å²) >= 11 is 5.82. The Morgan fingerprint density at radius 3 is 2.67 bits per heavy atom. The number of H-pyrrole nitrogens is 1. The molecule has 90 valence electrons. The summed E-state index contributed by atoms with van der Waals surface area (Å²) in [6, 6.07) is 12.8. The first-order chi connectivity index (χ1) is 8.74. The fourth-order valence-corrected chi connectivity index (χ4v) is 2.23. The predicted molar refractivity (Wildman–Crippen MR) is 70.3 cm³/mol. The van der Waals surface area contributed by atoms with Gasteiger partial charge in [0.1, 0.15) is 5.82 Å². The molecule has 0 unspecified atom stereocenters. The summed E-state index contributed by atoms with van der Waals surface area (Å²) in [7, 11) is 0. The number of hydrogen-bond acceptors (Lipinski definition) is 1. The van der Waals surface area contributed by atoms with Gasteiger partial charge >= 0.3 is 0 Å². The molecule has 0 amide bonds. The van der Waals surface area contributed by atoms with Gasteiger partial charge < -0.3 is 4.98 Å². The molecule has 0 bridgehead atoms. The average Bonchev–Trinajstić information content (AvgIpc) is 2.75. The fourth-order valence-electron chi connectivity index (χ4n) is 2.05. The molecule has 0 fully saturated rings. The Morgan fingerprint density at radius 1 is 1.11 bits per heavy atom. The van der Waals surface area contributed by atoms with E-state index in [1.54, 1.807) is 6.07 Å². The van der Waals surface area contributed by atoms with Gasteiger partial charge in [0.25, 0.3) is 0 Å². The third-order valence-electron chi connectivity index (χ3n) is 2.90. The number of benzene rings is 2. The highest BCUT2D eigenvalue weighted by molar-refractivity contribution is 6.29. The van der Waals surface area contributed by atoms with Crippen molar-refractivity contribution in [3.8, 4) is 0 Å². The van der Waals surface area contributed by atoms with Crippen LogP contribution in [0.4, 0.5) is 4.39 Å². The zero-order valence-electron chi connectivity index (χ0n) is 9.45. The van der Waals surface area contributed by atoms with Crippen LogP contribution in [0.1, 0.15) is 11.1 Å². The minimum Gasteiger partial charge on any atom is -0.329 e. The lowest BCUT2D eigenvalue weighted by Gasteiger charge is -2.04. The molecule has 0 saturated heterocycles. The number of fused-ring (bicyclic) bond motifs is 1. The minimum absolute atomic E-state index is 0.255. The molecular weight excluding hydrogens is 251 g/mol. The molecule has 1 aromatic heterocycles. The van der Waals surface area contributed by atoms with E-state index in [2.05, 4.69) is 9.97 Å². The number of rotatable bonds is 2. The first-order valence-corrected chi connectivity index (χ1v) is 5.98. The van der Waals surface area contributed by atoms with Crippen molar-refractivity contribution in [1.29, 1.82) is 0 Å². The quantitative estimate of drug-likeness (QED) is 0.743. The van der Waals surface area contributed by atoms with E-state index in [0.29, 0.717) is 17.5 Å². The van der Waals surface area contributed by atoms with Gasteiger partial charge in [0.05, 0.1) is 11.0 Å². The van der Waals surface area contributed by atoms with E-state index in [-0.39, 0.29) is 11.1 Å². The Morgan fingerprint density at radius 2 is 1.89 bits per heavy atom. The summed E-state index contributed by atoms with van der Waals surface area (Å²) in [6.45, 7) is 0. The maximum Gasteiger partial charge on any atom is 0.201 e. The topological polar surface area (TPSA) is 28.7 Å². The number of halogens is 2. The van der Waals surface area contributed by atoms with Crippen molar-refractivity contribution in [2.75, 3.05) is 0 Å². The molecule has 1 heterocycles. The second kappa shape index (κ2) is 4.42. The van der Waals surface area contributed by atoms with Crippen molar-refractivity contribution in [3.05, 3.63) is 64.7 Å². The van der Waals surface area contributed by atoms with Crippen LogP contribution in [-0.4, -0.2) is 9.97 Å². The number of nitrogens with one attached hydrogen (secondary N) is 1. The average molecular weight is 261 g/mol. The van der Waals surface area contributed by atoms with Crippen LogP contribution in [0.15, 0.2) is 42.5 Å². The molecule has 1 N–H and O–H groups in total. The summed E-state index contributed by atoms with van der Waals surface area (Å²) in [5.74, 6) is -0.255. The lowest BCUT2D eigenvalue weighted by atomic mass is 10.0. The van der Waals surface area contributed by atoms with Crippen molar-refractivity contribution < 1.29 is 4.39 Å². The Kier molecular flexibility index (Phi) is 2.76. The van der Waals surface area contributed by atoms with Crippen LogP contribution in [0.3, 0.4) is 0 Å². The van der Waals surface area contributed by atoms with E-state index in [9.17, 15) is 4.39 Å². The van der Waals surface area contributed by atoms with Crippen molar-refractivity contribution in [2.24, 2.45) is 0 Å². The first-order valence-electron chi connectivity index (χ1n) is 5.60. The van der Waals surface area contributed by atoms with Gasteiger partial charge in [0.15, 0.2) is 0 Å². The summed E-state index contributed by atoms with van der Waals surface area (Å²) in [6.07, 6.45) is 0.505. The third-order valence-corrected chi connectivity index (χ3v) is 3.08. The second-order valence-electron chi connectivity index (χ2n) is 4.11. The Bertz CT molecular complexity index is 692. The van der Waals surface area contributed by atoms with Gasteiger partial charge in [0.2, 0.25) is 5.28 Å². The number of imidazole rings is 1.